The Bertz CT molecular complexity index is 573. The van der Waals surface area contributed by atoms with Crippen LogP contribution in [0.15, 0.2) is 5.38 Å². The highest BCUT2D eigenvalue weighted by Gasteiger charge is 2.16. The Morgan fingerprint density at radius 3 is 2.78 bits per heavy atom. The maximum absolute atomic E-state index is 10.9. The summed E-state index contributed by atoms with van der Waals surface area (Å²) >= 11 is 1.61. The highest BCUT2D eigenvalue weighted by Crippen LogP contribution is 2.19. The minimum Gasteiger partial charge on any atom is -0.476 e. The first kappa shape index (κ1) is 12.7. The minimum atomic E-state index is -1.06. The molecule has 18 heavy (non-hydrogen) atoms. The van der Waals surface area contributed by atoms with Crippen molar-refractivity contribution in [1.29, 1.82) is 0 Å². The highest BCUT2D eigenvalue weighted by molar-refractivity contribution is 7.09. The van der Waals surface area contributed by atoms with Crippen LogP contribution in [-0.2, 0) is 6.54 Å². The smallest absolute Gasteiger partial charge is 0.358 e. The van der Waals surface area contributed by atoms with Crippen molar-refractivity contribution in [3.63, 3.8) is 0 Å². The number of carboxylic acid groups (broad SMARTS) is 1. The molecule has 2 aromatic heterocycles. The van der Waals surface area contributed by atoms with Crippen LogP contribution in [0.4, 0.5) is 0 Å². The van der Waals surface area contributed by atoms with Crippen LogP contribution in [0.25, 0.3) is 0 Å². The molecule has 1 N–H and O–H groups in total. The molecule has 0 amide bonds. The molecule has 0 radical (unpaired) electrons. The Kier molecular flexibility index (Phi) is 3.42. The maximum Gasteiger partial charge on any atom is 0.358 e. The third kappa shape index (κ3) is 2.40. The molecule has 96 valence electrons. The molecule has 0 saturated carbocycles. The normalized spacial score (nSPS) is 11.1. The lowest BCUT2D eigenvalue weighted by atomic mass is 10.2. The largest absolute Gasteiger partial charge is 0.476 e. The lowest BCUT2D eigenvalue weighted by Gasteiger charge is -2.00. The summed E-state index contributed by atoms with van der Waals surface area (Å²) in [6.45, 7) is 6.33. The van der Waals surface area contributed by atoms with E-state index in [2.05, 4.69) is 29.1 Å². The van der Waals surface area contributed by atoms with Crippen LogP contribution in [0.2, 0.25) is 0 Å². The van der Waals surface area contributed by atoms with Gasteiger partial charge in [-0.25, -0.2) is 14.5 Å². The highest BCUT2D eigenvalue weighted by atomic mass is 32.1. The van der Waals surface area contributed by atoms with Crippen molar-refractivity contribution in [2.24, 2.45) is 0 Å². The fourth-order valence-electron chi connectivity index (χ4n) is 1.52. The van der Waals surface area contributed by atoms with Gasteiger partial charge in [-0.15, -0.1) is 16.4 Å². The van der Waals surface area contributed by atoms with E-state index in [0.29, 0.717) is 18.2 Å². The predicted octanol–water partition coefficient (Wildman–Crippen LogP) is 1.91. The van der Waals surface area contributed by atoms with E-state index in [1.54, 1.807) is 22.9 Å². The van der Waals surface area contributed by atoms with Gasteiger partial charge in [0, 0.05) is 11.3 Å². The Labute approximate surface area is 108 Å². The van der Waals surface area contributed by atoms with E-state index in [-0.39, 0.29) is 5.69 Å². The number of hydrogen-bond acceptors (Lipinski definition) is 5. The molecule has 0 atom stereocenters. The number of carboxylic acids is 1. The fraction of sp³-hybridized carbons (Fsp3) is 0.455. The number of aromatic carboxylic acids is 1. The fourth-order valence-corrected chi connectivity index (χ4v) is 2.35. The standard InChI is InChI=1S/C11H14N4O2S/c1-6(2)10-12-8(5-18-10)4-15-7(3)9(11(16)17)13-14-15/h5-6H,4H2,1-3H3,(H,16,17). The van der Waals surface area contributed by atoms with Gasteiger partial charge in [-0.05, 0) is 6.92 Å². The zero-order valence-corrected chi connectivity index (χ0v) is 11.2. The number of carbonyl (C=O) groups is 1. The summed E-state index contributed by atoms with van der Waals surface area (Å²) in [5.74, 6) is -0.657. The molecule has 2 heterocycles. The van der Waals surface area contributed by atoms with Crippen molar-refractivity contribution < 1.29 is 9.90 Å². The predicted molar refractivity (Wildman–Crippen MR) is 67.0 cm³/mol. The van der Waals surface area contributed by atoms with Crippen molar-refractivity contribution >= 4 is 17.3 Å². The third-order valence-corrected chi connectivity index (χ3v) is 3.75. The van der Waals surface area contributed by atoms with Gasteiger partial charge < -0.3 is 5.11 Å². The summed E-state index contributed by atoms with van der Waals surface area (Å²) in [4.78, 5) is 15.3. The van der Waals surface area contributed by atoms with E-state index in [9.17, 15) is 4.79 Å². The van der Waals surface area contributed by atoms with E-state index in [1.165, 1.54) is 0 Å². The van der Waals surface area contributed by atoms with Crippen LogP contribution in [0.1, 0.15) is 46.6 Å². The Morgan fingerprint density at radius 2 is 2.28 bits per heavy atom. The summed E-state index contributed by atoms with van der Waals surface area (Å²) in [5, 5.41) is 19.4. The average Bonchev–Trinajstić information content (AvgIpc) is 2.87. The van der Waals surface area contributed by atoms with Crippen molar-refractivity contribution in [3.05, 3.63) is 27.5 Å². The molecule has 0 fully saturated rings. The molecule has 0 unspecified atom stereocenters. The molecule has 0 aliphatic carbocycles. The van der Waals surface area contributed by atoms with E-state index in [4.69, 9.17) is 5.11 Å². The van der Waals surface area contributed by atoms with Gasteiger partial charge in [-0.1, -0.05) is 19.1 Å². The van der Waals surface area contributed by atoms with E-state index < -0.39 is 5.97 Å². The van der Waals surface area contributed by atoms with Gasteiger partial charge in [0.05, 0.1) is 22.9 Å². The first-order valence-electron chi connectivity index (χ1n) is 5.56. The minimum absolute atomic E-state index is 0.00527. The van der Waals surface area contributed by atoms with Crippen LogP contribution in [0, 0.1) is 6.92 Å². The molecule has 2 aromatic rings. The van der Waals surface area contributed by atoms with Gasteiger partial charge in [0.1, 0.15) is 0 Å². The quantitative estimate of drug-likeness (QED) is 0.914. The first-order valence-corrected chi connectivity index (χ1v) is 6.44. The van der Waals surface area contributed by atoms with E-state index in [0.717, 1.165) is 10.7 Å². The molecule has 0 aliphatic rings. The Hall–Kier alpha value is -1.76. The summed E-state index contributed by atoms with van der Waals surface area (Å²) in [6.07, 6.45) is 0. The molecule has 0 aromatic carbocycles. The van der Waals surface area contributed by atoms with Crippen LogP contribution >= 0.6 is 11.3 Å². The molecule has 0 saturated heterocycles. The van der Waals surface area contributed by atoms with Crippen LogP contribution in [0.3, 0.4) is 0 Å². The Balaban J connectivity index is 2.20. The second-order valence-corrected chi connectivity index (χ2v) is 5.21. The SMILES string of the molecule is Cc1c(C(=O)O)nnn1Cc1csc(C(C)C)n1. The molecule has 0 spiro atoms. The number of aromatic nitrogens is 4. The number of thiazole rings is 1. The molecular weight excluding hydrogens is 252 g/mol. The van der Waals surface area contributed by atoms with Gasteiger partial charge in [0.25, 0.3) is 0 Å². The van der Waals surface area contributed by atoms with Crippen molar-refractivity contribution in [2.45, 2.75) is 33.2 Å². The van der Waals surface area contributed by atoms with Crippen LogP contribution in [0.5, 0.6) is 0 Å². The third-order valence-electron chi connectivity index (χ3n) is 2.56. The van der Waals surface area contributed by atoms with E-state index in [1.807, 2.05) is 5.38 Å². The number of nitrogens with zero attached hydrogens (tertiary/aromatic N) is 4. The summed E-state index contributed by atoms with van der Waals surface area (Å²) in [6, 6.07) is 0. The summed E-state index contributed by atoms with van der Waals surface area (Å²) in [7, 11) is 0. The number of rotatable bonds is 4. The van der Waals surface area contributed by atoms with Gasteiger partial charge in [0.2, 0.25) is 0 Å². The van der Waals surface area contributed by atoms with Crippen LogP contribution < -0.4 is 0 Å². The molecule has 6 nitrogen and oxygen atoms in total. The van der Waals surface area contributed by atoms with Crippen molar-refractivity contribution in [3.8, 4) is 0 Å². The van der Waals surface area contributed by atoms with Gasteiger partial charge in [-0.2, -0.15) is 0 Å². The summed E-state index contributed by atoms with van der Waals surface area (Å²) < 4.78 is 1.56. The molecular formula is C11H14N4O2S. The molecule has 0 aliphatic heterocycles. The van der Waals surface area contributed by atoms with Gasteiger partial charge in [0.15, 0.2) is 5.69 Å². The number of hydrogen-bond donors (Lipinski definition) is 1. The van der Waals surface area contributed by atoms with E-state index >= 15 is 0 Å². The Morgan fingerprint density at radius 1 is 1.56 bits per heavy atom. The lowest BCUT2D eigenvalue weighted by molar-refractivity contribution is 0.0689. The van der Waals surface area contributed by atoms with Gasteiger partial charge in [-0.3, -0.25) is 0 Å². The molecule has 0 bridgehead atoms. The monoisotopic (exact) mass is 266 g/mol. The van der Waals surface area contributed by atoms with Crippen LogP contribution in [-0.4, -0.2) is 31.1 Å². The topological polar surface area (TPSA) is 80.9 Å². The second-order valence-electron chi connectivity index (χ2n) is 4.32. The molecule has 7 heteroatoms. The first-order chi connectivity index (χ1) is 8.49. The van der Waals surface area contributed by atoms with Gasteiger partial charge >= 0.3 is 5.97 Å². The second kappa shape index (κ2) is 4.85. The lowest BCUT2D eigenvalue weighted by Crippen LogP contribution is -2.06. The van der Waals surface area contributed by atoms with Crippen molar-refractivity contribution in [2.75, 3.05) is 0 Å². The van der Waals surface area contributed by atoms with Crippen molar-refractivity contribution in [1.82, 2.24) is 20.0 Å². The average molecular weight is 266 g/mol. The molecule has 2 rings (SSSR count). The summed E-state index contributed by atoms with van der Waals surface area (Å²) in [5.41, 5.74) is 1.42. The zero-order valence-electron chi connectivity index (χ0n) is 10.4. The maximum atomic E-state index is 10.9. The zero-order chi connectivity index (χ0) is 13.3.